The number of ether oxygens (including phenoxy) is 1. The van der Waals surface area contributed by atoms with Gasteiger partial charge in [-0.2, -0.15) is 0 Å². The Labute approximate surface area is 116 Å². The number of hydrogen-bond donors (Lipinski definition) is 2. The van der Waals surface area contributed by atoms with Crippen LogP contribution in [0.2, 0.25) is 0 Å². The van der Waals surface area contributed by atoms with E-state index in [4.69, 9.17) is 10.5 Å². The Balaban J connectivity index is 2.14. The van der Waals surface area contributed by atoms with Gasteiger partial charge >= 0.3 is 0 Å². The molecule has 0 aliphatic heterocycles. The van der Waals surface area contributed by atoms with Crippen molar-refractivity contribution < 1.29 is 18.3 Å². The van der Waals surface area contributed by atoms with E-state index in [2.05, 4.69) is 5.32 Å². The Morgan fingerprint density at radius 2 is 2.00 bits per heavy atom. The predicted octanol–water partition coefficient (Wildman–Crippen LogP) is 1.59. The molecule has 1 aliphatic rings. The lowest BCUT2D eigenvalue weighted by Gasteiger charge is -2.31. The average molecular weight is 284 g/mol. The summed E-state index contributed by atoms with van der Waals surface area (Å²) in [6.07, 6.45) is 1.77. The third-order valence-electron chi connectivity index (χ3n) is 3.51. The molecule has 0 bridgehead atoms. The fourth-order valence-corrected chi connectivity index (χ4v) is 2.37. The third-order valence-corrected chi connectivity index (χ3v) is 3.51. The molecular weight excluding hydrogens is 266 g/mol. The van der Waals surface area contributed by atoms with Crippen molar-refractivity contribution in [2.45, 2.75) is 25.3 Å². The molecule has 1 aromatic carbocycles. The molecule has 1 amide bonds. The molecule has 1 fully saturated rings. The minimum atomic E-state index is -0.975. The predicted molar refractivity (Wildman–Crippen MR) is 70.2 cm³/mol. The van der Waals surface area contributed by atoms with Gasteiger partial charge in [0.2, 0.25) is 5.91 Å². The summed E-state index contributed by atoms with van der Waals surface area (Å²) in [4.78, 5) is 11.8. The summed E-state index contributed by atoms with van der Waals surface area (Å²) in [5, 5.41) is 3.07. The number of benzene rings is 1. The summed E-state index contributed by atoms with van der Waals surface area (Å²) in [6, 6.07) is 2.92. The zero-order chi connectivity index (χ0) is 14.8. The van der Waals surface area contributed by atoms with Crippen molar-refractivity contribution in [3.63, 3.8) is 0 Å². The summed E-state index contributed by atoms with van der Waals surface area (Å²) >= 11 is 0. The minimum absolute atomic E-state index is 0.0380. The molecule has 0 heterocycles. The first-order chi connectivity index (χ1) is 9.48. The van der Waals surface area contributed by atoms with Gasteiger partial charge in [-0.3, -0.25) is 4.79 Å². The average Bonchev–Trinajstić information content (AvgIpc) is 3.17. The van der Waals surface area contributed by atoms with Gasteiger partial charge in [0.05, 0.1) is 0 Å². The Morgan fingerprint density at radius 1 is 1.40 bits per heavy atom. The van der Waals surface area contributed by atoms with E-state index in [1.54, 1.807) is 0 Å². The molecule has 3 N–H and O–H groups in total. The lowest BCUT2D eigenvalue weighted by atomic mass is 9.93. The normalized spacial score (nSPS) is 17.6. The lowest BCUT2D eigenvalue weighted by molar-refractivity contribution is -0.126. The summed E-state index contributed by atoms with van der Waals surface area (Å²) in [6.45, 7) is 2.38. The van der Waals surface area contributed by atoms with Gasteiger partial charge in [-0.05, 0) is 25.3 Å². The van der Waals surface area contributed by atoms with Gasteiger partial charge in [0, 0.05) is 18.2 Å². The quantitative estimate of drug-likeness (QED) is 0.799. The maximum absolute atomic E-state index is 13.1. The summed E-state index contributed by atoms with van der Waals surface area (Å²) < 4.78 is 31.6. The molecule has 1 atom stereocenters. The molecule has 2 rings (SSSR count). The molecule has 0 saturated heterocycles. The van der Waals surface area contributed by atoms with Crippen molar-refractivity contribution >= 4 is 5.91 Å². The second-order valence-corrected chi connectivity index (χ2v) is 5.03. The highest BCUT2D eigenvalue weighted by Crippen LogP contribution is 2.40. The number of carbonyl (C=O) groups excluding carboxylic acids is 1. The molecule has 4 nitrogen and oxygen atoms in total. The van der Waals surface area contributed by atoms with Crippen molar-refractivity contribution in [1.82, 2.24) is 5.32 Å². The topological polar surface area (TPSA) is 64.3 Å². The van der Waals surface area contributed by atoms with E-state index in [-0.39, 0.29) is 18.3 Å². The molecule has 0 aromatic heterocycles. The number of halogens is 2. The number of amides is 1. The van der Waals surface area contributed by atoms with Crippen molar-refractivity contribution in [3.8, 4) is 5.75 Å². The van der Waals surface area contributed by atoms with Crippen molar-refractivity contribution in [2.75, 3.05) is 13.2 Å². The molecular formula is C14H18F2N2O2. The number of likely N-dealkylation sites (N-methyl/N-ethyl adjacent to an activating group) is 1. The highest BCUT2D eigenvalue weighted by Gasteiger charge is 2.50. The summed E-state index contributed by atoms with van der Waals surface area (Å²) in [7, 11) is 0. The van der Waals surface area contributed by atoms with Crippen LogP contribution in [0.3, 0.4) is 0 Å². The standard InChI is InChI=1S/C14H18F2N2O2/c1-2-18-14(13(17)19,9-3-4-9)8-20-12-6-10(15)5-11(16)7-12/h5-7,9,18H,2-4,8H2,1H3,(H2,17,19). The minimum Gasteiger partial charge on any atom is -0.491 e. The van der Waals surface area contributed by atoms with Gasteiger partial charge in [-0.1, -0.05) is 6.92 Å². The molecule has 6 heteroatoms. The van der Waals surface area contributed by atoms with Crippen LogP contribution < -0.4 is 15.8 Å². The van der Waals surface area contributed by atoms with Gasteiger partial charge in [0.15, 0.2) is 0 Å². The molecule has 1 aliphatic carbocycles. The van der Waals surface area contributed by atoms with Crippen LogP contribution in [-0.4, -0.2) is 24.6 Å². The number of rotatable bonds is 7. The van der Waals surface area contributed by atoms with Crippen molar-refractivity contribution in [2.24, 2.45) is 11.7 Å². The van der Waals surface area contributed by atoms with Gasteiger partial charge in [-0.25, -0.2) is 8.78 Å². The Hall–Kier alpha value is -1.69. The maximum Gasteiger partial charge on any atom is 0.241 e. The molecule has 1 unspecified atom stereocenters. The molecule has 20 heavy (non-hydrogen) atoms. The van der Waals surface area contributed by atoms with E-state index >= 15 is 0 Å². The van der Waals surface area contributed by atoms with Crippen LogP contribution in [0, 0.1) is 17.6 Å². The largest absolute Gasteiger partial charge is 0.491 e. The van der Waals surface area contributed by atoms with Gasteiger partial charge in [-0.15, -0.1) is 0 Å². The first-order valence-corrected chi connectivity index (χ1v) is 6.61. The summed E-state index contributed by atoms with van der Waals surface area (Å²) in [5.74, 6) is -1.79. The van der Waals surface area contributed by atoms with Crippen LogP contribution in [0.15, 0.2) is 18.2 Å². The second kappa shape index (κ2) is 5.75. The number of primary amides is 1. The number of nitrogens with one attached hydrogen (secondary N) is 1. The van der Waals surface area contributed by atoms with E-state index < -0.39 is 23.1 Å². The highest BCUT2D eigenvalue weighted by molar-refractivity contribution is 5.85. The summed E-state index contributed by atoms with van der Waals surface area (Å²) in [5.41, 5.74) is 4.52. The van der Waals surface area contributed by atoms with Crippen molar-refractivity contribution in [1.29, 1.82) is 0 Å². The second-order valence-electron chi connectivity index (χ2n) is 5.03. The zero-order valence-corrected chi connectivity index (χ0v) is 11.3. The number of carbonyl (C=O) groups is 1. The monoisotopic (exact) mass is 284 g/mol. The van der Waals surface area contributed by atoms with E-state index in [9.17, 15) is 13.6 Å². The van der Waals surface area contributed by atoms with E-state index in [1.165, 1.54) is 0 Å². The first kappa shape index (κ1) is 14.7. The van der Waals surface area contributed by atoms with Crippen LogP contribution >= 0.6 is 0 Å². The Kier molecular flexibility index (Phi) is 4.23. The third kappa shape index (κ3) is 3.07. The van der Waals surface area contributed by atoms with E-state index in [1.807, 2.05) is 6.92 Å². The molecule has 1 saturated carbocycles. The Morgan fingerprint density at radius 3 is 2.45 bits per heavy atom. The smallest absolute Gasteiger partial charge is 0.241 e. The fourth-order valence-electron chi connectivity index (χ4n) is 2.37. The zero-order valence-electron chi connectivity index (χ0n) is 11.3. The highest BCUT2D eigenvalue weighted by atomic mass is 19.1. The lowest BCUT2D eigenvalue weighted by Crippen LogP contribution is -2.61. The van der Waals surface area contributed by atoms with Crippen LogP contribution in [0.5, 0.6) is 5.75 Å². The van der Waals surface area contributed by atoms with Crippen LogP contribution in [0.1, 0.15) is 19.8 Å². The van der Waals surface area contributed by atoms with E-state index in [0.29, 0.717) is 6.54 Å². The SMILES string of the molecule is CCNC(COc1cc(F)cc(F)c1)(C(N)=O)C1CC1. The molecule has 1 aromatic rings. The van der Waals surface area contributed by atoms with Gasteiger partial charge in [0.25, 0.3) is 0 Å². The maximum atomic E-state index is 13.1. The van der Waals surface area contributed by atoms with Crippen molar-refractivity contribution in [3.05, 3.63) is 29.8 Å². The molecule has 110 valence electrons. The number of hydrogen-bond acceptors (Lipinski definition) is 3. The van der Waals surface area contributed by atoms with Crippen LogP contribution in [-0.2, 0) is 4.79 Å². The van der Waals surface area contributed by atoms with Crippen LogP contribution in [0.4, 0.5) is 8.78 Å². The van der Waals surface area contributed by atoms with Gasteiger partial charge in [0.1, 0.15) is 29.5 Å². The van der Waals surface area contributed by atoms with E-state index in [0.717, 1.165) is 31.0 Å². The van der Waals surface area contributed by atoms with Gasteiger partial charge < -0.3 is 15.8 Å². The fraction of sp³-hybridized carbons (Fsp3) is 0.500. The Bertz CT molecular complexity index is 486. The van der Waals surface area contributed by atoms with Crippen LogP contribution in [0.25, 0.3) is 0 Å². The first-order valence-electron chi connectivity index (χ1n) is 6.61. The molecule has 0 spiro atoms. The number of nitrogens with two attached hydrogens (primary N) is 1. The molecule has 0 radical (unpaired) electrons.